The summed E-state index contributed by atoms with van der Waals surface area (Å²) in [7, 11) is 0. The Kier molecular flexibility index (Phi) is 18.8. The van der Waals surface area contributed by atoms with Gasteiger partial charge in [0.25, 0.3) is 0 Å². The van der Waals surface area contributed by atoms with Crippen LogP contribution in [0.1, 0.15) is 129 Å². The Bertz CT molecular complexity index is 2170. The van der Waals surface area contributed by atoms with Crippen molar-refractivity contribution < 1.29 is 57.2 Å². The van der Waals surface area contributed by atoms with Crippen LogP contribution in [0.3, 0.4) is 0 Å². The number of carbonyl (C=O) groups excluding carboxylic acids is 6. The fraction of sp³-hybridized carbons (Fsp3) is 0.615. The van der Waals surface area contributed by atoms with Crippen molar-refractivity contribution >= 4 is 59.3 Å². The van der Waals surface area contributed by atoms with Gasteiger partial charge < -0.3 is 28.4 Å². The molecule has 4 saturated carbocycles. The second-order valence-electron chi connectivity index (χ2n) is 19.6. The third-order valence-corrected chi connectivity index (χ3v) is 17.0. The van der Waals surface area contributed by atoms with Crippen LogP contribution in [0, 0.1) is 70.0 Å². The van der Waals surface area contributed by atoms with Crippen molar-refractivity contribution in [3.05, 3.63) is 46.8 Å². The van der Waals surface area contributed by atoms with Gasteiger partial charge in [0.15, 0.2) is 0 Å². The van der Waals surface area contributed by atoms with E-state index in [1.54, 1.807) is 6.07 Å². The molecular weight excluding hydrogens is 909 g/mol. The van der Waals surface area contributed by atoms with Crippen LogP contribution in [0.25, 0.3) is 0 Å². The zero-order chi connectivity index (χ0) is 49.0. The average Bonchev–Trinajstić information content (AvgIpc) is 3.80. The Morgan fingerprint density at radius 1 is 0.559 bits per heavy atom. The first kappa shape index (κ1) is 52.3. The molecule has 0 amide bonds. The van der Waals surface area contributed by atoms with E-state index in [4.69, 9.17) is 28.4 Å². The zero-order valence-electron chi connectivity index (χ0n) is 39.5. The fourth-order valence-electron chi connectivity index (χ4n) is 10.6. The molecule has 366 valence electrons. The van der Waals surface area contributed by atoms with Gasteiger partial charge in [-0.1, -0.05) is 57.5 Å². The maximum atomic E-state index is 14.1. The molecule has 4 aliphatic carbocycles. The number of nitrogens with zero attached hydrogens (tertiary/aromatic N) is 2. The van der Waals surface area contributed by atoms with Gasteiger partial charge >= 0.3 is 35.8 Å². The van der Waals surface area contributed by atoms with E-state index in [-0.39, 0.29) is 79.5 Å². The normalized spacial score (nSPS) is 25.8. The molecule has 68 heavy (non-hydrogen) atoms. The minimum atomic E-state index is -0.556. The standard InChI is InChI=1S/C52H64N2O12S2/c1-6-42(55)61-24-26-63-47(57)35-16-8-31(9-17-35)33-12-20-37(21-13-33)49(59)65-41-28-40(52(3,4)5)44(46-45(41)67-51(68-46)39(29-53)30-54)66-50(60)38-22-14-34(15-23-38)32-10-18-36(19-11-32)48(58)64-27-25-62-43(56)7-2/h6-7,28,31-38H,1-2,8-27H2,3-5H3. The minimum Gasteiger partial charge on any atom is -0.462 e. The molecule has 4 fully saturated rings. The predicted octanol–water partition coefficient (Wildman–Crippen LogP) is 10.0. The molecule has 0 radical (unpaired) electrons. The van der Waals surface area contributed by atoms with Crippen molar-refractivity contribution in [1.82, 2.24) is 0 Å². The van der Waals surface area contributed by atoms with Crippen LogP contribution in [-0.4, -0.2) is 62.2 Å². The Labute approximate surface area is 408 Å². The number of thioether (sulfide) groups is 2. The van der Waals surface area contributed by atoms with Gasteiger partial charge in [0, 0.05) is 17.7 Å². The smallest absolute Gasteiger partial charge is 0.330 e. The van der Waals surface area contributed by atoms with Crippen LogP contribution in [0.4, 0.5) is 0 Å². The van der Waals surface area contributed by atoms with Crippen LogP contribution in [0.5, 0.6) is 11.5 Å². The average molecular weight is 973 g/mol. The molecule has 0 unspecified atom stereocenters. The number of carbonyl (C=O) groups is 6. The first-order chi connectivity index (χ1) is 32.6. The fourth-order valence-corrected chi connectivity index (χ4v) is 13.0. The van der Waals surface area contributed by atoms with Crippen molar-refractivity contribution in [3.8, 4) is 23.6 Å². The number of hydrogen-bond donors (Lipinski definition) is 0. The molecule has 1 aromatic carbocycles. The highest BCUT2D eigenvalue weighted by atomic mass is 32.2. The Balaban J connectivity index is 1.04. The molecule has 0 N–H and O–H groups in total. The third kappa shape index (κ3) is 13.6. The molecule has 1 aliphatic heterocycles. The molecule has 1 heterocycles. The van der Waals surface area contributed by atoms with E-state index < -0.39 is 17.4 Å². The minimum absolute atomic E-state index is 0.00374. The largest absolute Gasteiger partial charge is 0.462 e. The second kappa shape index (κ2) is 24.5. The molecule has 14 nitrogen and oxygen atoms in total. The zero-order valence-corrected chi connectivity index (χ0v) is 41.2. The van der Waals surface area contributed by atoms with Crippen molar-refractivity contribution in [3.63, 3.8) is 0 Å². The lowest BCUT2D eigenvalue weighted by Crippen LogP contribution is -2.32. The Morgan fingerprint density at radius 2 is 0.912 bits per heavy atom. The van der Waals surface area contributed by atoms with Crippen molar-refractivity contribution in [2.24, 2.45) is 47.3 Å². The SMILES string of the molecule is C=CC(=O)OCCOC(=O)C1CCC(C2CCC(C(=O)Oc3cc(C(C)(C)C)c(OC(=O)C4CCC(C5CCC(C(=O)OCCOC(=O)C=C)CC5)CC4)c4c3SC(=C(C#N)C#N)S4)CC2)CC1. The van der Waals surface area contributed by atoms with Crippen LogP contribution < -0.4 is 9.47 Å². The topological polar surface area (TPSA) is 205 Å². The summed E-state index contributed by atoms with van der Waals surface area (Å²) in [6, 6.07) is 5.76. The van der Waals surface area contributed by atoms with Gasteiger partial charge in [0.1, 0.15) is 55.6 Å². The van der Waals surface area contributed by atoms with Crippen molar-refractivity contribution in [2.45, 2.75) is 139 Å². The number of nitriles is 2. The highest BCUT2D eigenvalue weighted by Crippen LogP contribution is 2.61. The Hall–Kier alpha value is -5.06. The number of hydrogen-bond acceptors (Lipinski definition) is 16. The Morgan fingerprint density at radius 3 is 1.28 bits per heavy atom. The van der Waals surface area contributed by atoms with Gasteiger partial charge in [-0.05, 0) is 138 Å². The molecule has 6 rings (SSSR count). The molecule has 0 atom stereocenters. The molecule has 0 spiro atoms. The first-order valence-corrected chi connectivity index (χ1v) is 25.7. The van der Waals surface area contributed by atoms with E-state index in [1.807, 2.05) is 32.9 Å². The van der Waals surface area contributed by atoms with Crippen LogP contribution >= 0.6 is 23.5 Å². The van der Waals surface area contributed by atoms with Gasteiger partial charge in [0.05, 0.1) is 37.7 Å². The van der Waals surface area contributed by atoms with Gasteiger partial charge in [-0.3, -0.25) is 19.2 Å². The number of allylic oxidation sites excluding steroid dienone is 1. The highest BCUT2D eigenvalue weighted by molar-refractivity contribution is 8.24. The summed E-state index contributed by atoms with van der Waals surface area (Å²) in [5.41, 5.74) is 0.0551. The number of fused-ring (bicyclic) bond motifs is 1. The summed E-state index contributed by atoms with van der Waals surface area (Å²) >= 11 is 2.37. The highest BCUT2D eigenvalue weighted by Gasteiger charge is 2.40. The lowest BCUT2D eigenvalue weighted by molar-refractivity contribution is -0.154. The van der Waals surface area contributed by atoms with Crippen molar-refractivity contribution in [2.75, 3.05) is 26.4 Å². The molecule has 0 bridgehead atoms. The number of esters is 6. The van der Waals surface area contributed by atoms with Gasteiger partial charge in [-0.25, -0.2) is 9.59 Å². The van der Waals surface area contributed by atoms with Crippen LogP contribution in [0.2, 0.25) is 0 Å². The predicted molar refractivity (Wildman–Crippen MR) is 252 cm³/mol. The number of ether oxygens (including phenoxy) is 6. The van der Waals surface area contributed by atoms with E-state index in [2.05, 4.69) is 13.2 Å². The lowest BCUT2D eigenvalue weighted by Gasteiger charge is -2.37. The van der Waals surface area contributed by atoms with Crippen LogP contribution in [-0.2, 0) is 53.1 Å². The summed E-state index contributed by atoms with van der Waals surface area (Å²) in [6.07, 6.45) is 14.9. The molecule has 0 saturated heterocycles. The van der Waals surface area contributed by atoms with E-state index >= 15 is 0 Å². The van der Waals surface area contributed by atoms with E-state index in [9.17, 15) is 39.3 Å². The summed E-state index contributed by atoms with van der Waals surface area (Å²) < 4.78 is 33.6. The lowest BCUT2D eigenvalue weighted by atomic mass is 9.69. The number of rotatable bonds is 16. The van der Waals surface area contributed by atoms with E-state index in [0.29, 0.717) is 80.4 Å². The molecule has 16 heteroatoms. The number of benzene rings is 1. The summed E-state index contributed by atoms with van der Waals surface area (Å²) in [5, 5.41) is 19.7. The van der Waals surface area contributed by atoms with E-state index in [0.717, 1.165) is 89.2 Å². The molecule has 5 aliphatic rings. The molecular formula is C52H64N2O12S2. The summed E-state index contributed by atoms with van der Waals surface area (Å²) in [5.74, 6) is -0.785. The van der Waals surface area contributed by atoms with Gasteiger partial charge in [-0.15, -0.1) is 0 Å². The maximum Gasteiger partial charge on any atom is 0.330 e. The quantitative estimate of drug-likeness (QED) is 0.0377. The van der Waals surface area contributed by atoms with Gasteiger partial charge in [0.2, 0.25) is 0 Å². The van der Waals surface area contributed by atoms with Crippen molar-refractivity contribution in [1.29, 1.82) is 10.5 Å². The monoisotopic (exact) mass is 972 g/mol. The van der Waals surface area contributed by atoms with Crippen LogP contribution in [0.15, 0.2) is 51.0 Å². The van der Waals surface area contributed by atoms with E-state index in [1.165, 1.54) is 23.5 Å². The first-order valence-electron chi connectivity index (χ1n) is 24.1. The maximum absolute atomic E-state index is 14.1. The third-order valence-electron chi connectivity index (χ3n) is 14.4. The summed E-state index contributed by atoms with van der Waals surface area (Å²) in [6.45, 7) is 12.7. The summed E-state index contributed by atoms with van der Waals surface area (Å²) in [4.78, 5) is 76.9. The molecule has 1 aromatic rings. The second-order valence-corrected chi connectivity index (χ2v) is 21.9. The molecule has 0 aromatic heterocycles. The van der Waals surface area contributed by atoms with Gasteiger partial charge in [-0.2, -0.15) is 10.5 Å².